The normalized spacial score (nSPS) is 18.3. The van der Waals surface area contributed by atoms with E-state index in [1.54, 1.807) is 58.0 Å². The molecule has 1 heterocycles. The highest BCUT2D eigenvalue weighted by molar-refractivity contribution is 6.69. The first-order valence-corrected chi connectivity index (χ1v) is 10.6. The predicted octanol–water partition coefficient (Wildman–Crippen LogP) is 4.72. The van der Waals surface area contributed by atoms with Crippen LogP contribution in [0.25, 0.3) is 5.47 Å². The van der Waals surface area contributed by atoms with Crippen LogP contribution in [-0.4, -0.2) is 48.3 Å². The lowest BCUT2D eigenvalue weighted by Gasteiger charge is -2.32. The van der Waals surface area contributed by atoms with Gasteiger partial charge in [-0.1, -0.05) is 30.3 Å². The summed E-state index contributed by atoms with van der Waals surface area (Å²) < 4.78 is 47.7. The fourth-order valence-corrected chi connectivity index (χ4v) is 3.38. The second-order valence-corrected chi connectivity index (χ2v) is 8.65. The molecule has 1 aromatic rings. The Morgan fingerprint density at radius 3 is 2.19 bits per heavy atom. The molecule has 1 fully saturated rings. The van der Waals surface area contributed by atoms with Crippen LogP contribution < -0.4 is 0 Å². The van der Waals surface area contributed by atoms with E-state index < -0.39 is 40.7 Å². The second-order valence-electron chi connectivity index (χ2n) is 8.65. The van der Waals surface area contributed by atoms with Gasteiger partial charge in [0.15, 0.2) is 0 Å². The summed E-state index contributed by atoms with van der Waals surface area (Å²) in [6.45, 7) is 8.09. The lowest BCUT2D eigenvalue weighted by Crippen LogP contribution is -2.41. The van der Waals surface area contributed by atoms with Gasteiger partial charge in [-0.2, -0.15) is 8.78 Å². The van der Waals surface area contributed by atoms with E-state index in [9.17, 15) is 14.9 Å². The summed E-state index contributed by atoms with van der Waals surface area (Å²) in [5, 5.41) is 10.7. The van der Waals surface area contributed by atoms with E-state index in [4.69, 9.17) is 9.31 Å². The molecule has 0 amide bonds. The third kappa shape index (κ3) is 5.72. The minimum Gasteiger partial charge on any atom is -0.461 e. The predicted molar refractivity (Wildman–Crippen MR) is 117 cm³/mol. The average molecular weight is 453 g/mol. The summed E-state index contributed by atoms with van der Waals surface area (Å²) >= 11 is 0. The molecule has 0 radical (unpaired) electrons. The largest absolute Gasteiger partial charge is 0.495 e. The van der Waals surface area contributed by atoms with Gasteiger partial charge >= 0.3 is 19.0 Å². The van der Waals surface area contributed by atoms with E-state index in [2.05, 4.69) is 4.74 Å². The van der Waals surface area contributed by atoms with E-state index in [1.807, 2.05) is 0 Å². The number of esters is 1. The maximum Gasteiger partial charge on any atom is 0.495 e. The Balaban J connectivity index is 2.63. The summed E-state index contributed by atoms with van der Waals surface area (Å²) in [5.74, 6) is -5.63. The van der Waals surface area contributed by atoms with Crippen LogP contribution in [0.3, 0.4) is 0 Å². The molecule has 1 aliphatic heterocycles. The standard InChI is InChI=1S/C22H30BF2NO6/c1-6-30-19(27)22(24,25)17(14-10-11-15-26(28)29)18(16-12-8-7-9-13-16)23-31-20(2,3)21(4,5)32-23/h7-9,12-13H,6,10-11,14-15H2,1-5H3/b18-17+. The maximum atomic E-state index is 15.5. The smallest absolute Gasteiger partial charge is 0.461 e. The first-order valence-electron chi connectivity index (χ1n) is 10.6. The third-order valence-corrected chi connectivity index (χ3v) is 5.83. The molecule has 10 heteroatoms. The number of alkyl halides is 2. The van der Waals surface area contributed by atoms with Crippen molar-refractivity contribution in [2.75, 3.05) is 13.2 Å². The number of benzene rings is 1. The van der Waals surface area contributed by atoms with Gasteiger partial charge in [-0.05, 0) is 58.5 Å². The molecule has 0 aromatic heterocycles. The number of hydrogen-bond donors (Lipinski definition) is 0. The topological polar surface area (TPSA) is 87.9 Å². The Labute approximate surface area is 187 Å². The van der Waals surface area contributed by atoms with Gasteiger partial charge in [0.05, 0.1) is 17.8 Å². The number of carbonyl (C=O) groups is 1. The lowest BCUT2D eigenvalue weighted by molar-refractivity contribution is -0.480. The number of rotatable bonds is 10. The Hall–Kier alpha value is -2.33. The summed E-state index contributed by atoms with van der Waals surface area (Å²) in [7, 11) is -1.16. The fraction of sp³-hybridized carbons (Fsp3) is 0.591. The van der Waals surface area contributed by atoms with Gasteiger partial charge < -0.3 is 14.0 Å². The van der Waals surface area contributed by atoms with Gasteiger partial charge in [-0.15, -0.1) is 0 Å². The molecule has 1 aliphatic rings. The highest BCUT2D eigenvalue weighted by atomic mass is 19.3. The summed E-state index contributed by atoms with van der Waals surface area (Å²) in [4.78, 5) is 22.4. The Morgan fingerprint density at radius 2 is 1.69 bits per heavy atom. The minimum absolute atomic E-state index is 0.0448. The molecule has 176 valence electrons. The van der Waals surface area contributed by atoms with Crippen molar-refractivity contribution in [3.8, 4) is 0 Å². The molecule has 7 nitrogen and oxygen atoms in total. The molecule has 32 heavy (non-hydrogen) atoms. The van der Waals surface area contributed by atoms with Crippen molar-refractivity contribution in [1.29, 1.82) is 0 Å². The molecule has 0 atom stereocenters. The van der Waals surface area contributed by atoms with E-state index in [1.165, 1.54) is 6.92 Å². The zero-order chi connectivity index (χ0) is 24.2. The van der Waals surface area contributed by atoms with Crippen molar-refractivity contribution >= 4 is 18.6 Å². The minimum atomic E-state index is -3.96. The number of halogens is 2. The second kappa shape index (κ2) is 10.1. The molecule has 0 aliphatic carbocycles. The number of unbranched alkanes of at least 4 members (excludes halogenated alkanes) is 1. The van der Waals surface area contributed by atoms with Crippen molar-refractivity contribution in [2.24, 2.45) is 0 Å². The maximum absolute atomic E-state index is 15.5. The van der Waals surface area contributed by atoms with Crippen molar-refractivity contribution in [3.63, 3.8) is 0 Å². The van der Waals surface area contributed by atoms with Crippen LogP contribution >= 0.6 is 0 Å². The van der Waals surface area contributed by atoms with Gasteiger partial charge in [-0.25, -0.2) is 4.79 Å². The van der Waals surface area contributed by atoms with Crippen LogP contribution in [0.1, 0.15) is 59.4 Å². The summed E-state index contributed by atoms with van der Waals surface area (Å²) in [6.07, 6.45) is -0.0874. The molecule has 1 aromatic carbocycles. The lowest BCUT2D eigenvalue weighted by atomic mass is 9.69. The van der Waals surface area contributed by atoms with Crippen molar-refractivity contribution < 1.29 is 32.5 Å². The van der Waals surface area contributed by atoms with Crippen LogP contribution in [0.4, 0.5) is 8.78 Å². The van der Waals surface area contributed by atoms with Crippen LogP contribution in [0.15, 0.2) is 35.9 Å². The number of nitrogens with zero attached hydrogens (tertiary/aromatic N) is 1. The van der Waals surface area contributed by atoms with Gasteiger partial charge in [-0.3, -0.25) is 10.1 Å². The molecule has 0 spiro atoms. The molecule has 0 saturated carbocycles. The zero-order valence-electron chi connectivity index (χ0n) is 19.2. The molecule has 0 N–H and O–H groups in total. The molecule has 0 bridgehead atoms. The fourth-order valence-electron chi connectivity index (χ4n) is 3.38. The molecular formula is C22H30BF2NO6. The molecule has 2 rings (SSSR count). The first kappa shape index (κ1) is 25.9. The van der Waals surface area contributed by atoms with Gasteiger partial charge in [0.25, 0.3) is 0 Å². The summed E-state index contributed by atoms with van der Waals surface area (Å²) in [5.41, 5.74) is -1.65. The third-order valence-electron chi connectivity index (χ3n) is 5.83. The van der Waals surface area contributed by atoms with Crippen LogP contribution in [0.5, 0.6) is 0 Å². The summed E-state index contributed by atoms with van der Waals surface area (Å²) in [6, 6.07) is 8.39. The first-order chi connectivity index (χ1) is 14.8. The van der Waals surface area contributed by atoms with E-state index in [0.29, 0.717) is 5.56 Å². The van der Waals surface area contributed by atoms with Gasteiger partial charge in [0.1, 0.15) is 0 Å². The van der Waals surface area contributed by atoms with Crippen molar-refractivity contribution in [3.05, 3.63) is 51.6 Å². The SMILES string of the molecule is CCOC(=O)C(F)(F)/C(CCCC[N+](=O)[O-])=C(/B1OC(C)(C)C(C)(C)O1)c1ccccc1. The van der Waals surface area contributed by atoms with E-state index in [-0.39, 0.29) is 37.9 Å². The molecular weight excluding hydrogens is 423 g/mol. The molecule has 1 saturated heterocycles. The van der Waals surface area contributed by atoms with Gasteiger partial charge in [0.2, 0.25) is 6.54 Å². The Kier molecular flexibility index (Phi) is 8.17. The van der Waals surface area contributed by atoms with Crippen LogP contribution in [-0.2, 0) is 18.8 Å². The number of carbonyl (C=O) groups excluding carboxylic acids is 1. The number of nitro groups is 1. The van der Waals surface area contributed by atoms with E-state index >= 15 is 8.78 Å². The highest BCUT2D eigenvalue weighted by Crippen LogP contribution is 2.44. The Bertz CT molecular complexity index is 841. The van der Waals surface area contributed by atoms with Crippen LogP contribution in [0.2, 0.25) is 0 Å². The monoisotopic (exact) mass is 453 g/mol. The van der Waals surface area contributed by atoms with E-state index in [0.717, 1.165) is 0 Å². The van der Waals surface area contributed by atoms with Crippen molar-refractivity contribution in [1.82, 2.24) is 0 Å². The number of ether oxygens (including phenoxy) is 1. The molecule has 0 unspecified atom stereocenters. The quantitative estimate of drug-likeness (QED) is 0.168. The van der Waals surface area contributed by atoms with Gasteiger partial charge in [0, 0.05) is 16.9 Å². The average Bonchev–Trinajstić information content (AvgIpc) is 2.91. The Morgan fingerprint density at radius 1 is 1.12 bits per heavy atom. The van der Waals surface area contributed by atoms with Crippen molar-refractivity contribution in [2.45, 2.75) is 71.0 Å². The zero-order valence-corrected chi connectivity index (χ0v) is 19.2. The number of hydrogen-bond acceptors (Lipinski definition) is 6. The highest BCUT2D eigenvalue weighted by Gasteiger charge is 2.55. The van der Waals surface area contributed by atoms with Crippen LogP contribution in [0, 0.1) is 10.1 Å².